The number of nitrogens with zero attached hydrogens (tertiary/aromatic N) is 3. The molecule has 2 aromatic rings. The molecule has 10 heteroatoms. The summed E-state index contributed by atoms with van der Waals surface area (Å²) in [6.45, 7) is 0. The summed E-state index contributed by atoms with van der Waals surface area (Å²) in [4.78, 5) is 31.0. The summed E-state index contributed by atoms with van der Waals surface area (Å²) >= 11 is 1.33. The number of hydrogen-bond acceptors (Lipinski definition) is 8. The summed E-state index contributed by atoms with van der Waals surface area (Å²) in [6.07, 6.45) is 4.99. The molecule has 27 heavy (non-hydrogen) atoms. The van der Waals surface area contributed by atoms with E-state index in [1.54, 1.807) is 12.1 Å². The van der Waals surface area contributed by atoms with Gasteiger partial charge in [-0.15, -0.1) is 11.8 Å². The molecule has 9 nitrogen and oxygen atoms in total. The van der Waals surface area contributed by atoms with Gasteiger partial charge in [0.15, 0.2) is 0 Å². The fourth-order valence-electron chi connectivity index (χ4n) is 2.52. The van der Waals surface area contributed by atoms with Crippen molar-refractivity contribution >= 4 is 35.0 Å². The van der Waals surface area contributed by atoms with Crippen molar-refractivity contribution in [3.63, 3.8) is 0 Å². The molecule has 0 bridgehead atoms. The maximum absolute atomic E-state index is 11.3. The molecule has 1 saturated carbocycles. The Morgan fingerprint density at radius 2 is 2.11 bits per heavy atom. The van der Waals surface area contributed by atoms with Gasteiger partial charge in [-0.3, -0.25) is 14.9 Å². The van der Waals surface area contributed by atoms with Crippen LogP contribution >= 0.6 is 11.8 Å². The van der Waals surface area contributed by atoms with E-state index in [1.807, 2.05) is 6.26 Å². The van der Waals surface area contributed by atoms with E-state index in [2.05, 4.69) is 15.3 Å². The van der Waals surface area contributed by atoms with E-state index in [0.29, 0.717) is 33.8 Å². The zero-order chi connectivity index (χ0) is 19.6. The van der Waals surface area contributed by atoms with Crippen LogP contribution in [0.25, 0.3) is 17.0 Å². The number of thioether (sulfide) groups is 1. The van der Waals surface area contributed by atoms with Gasteiger partial charge >= 0.3 is 0 Å². The van der Waals surface area contributed by atoms with E-state index in [1.165, 1.54) is 23.9 Å². The van der Waals surface area contributed by atoms with Gasteiger partial charge in [-0.25, -0.2) is 9.97 Å². The molecule has 0 spiro atoms. The van der Waals surface area contributed by atoms with E-state index in [4.69, 9.17) is 11.5 Å². The molecule has 1 aliphatic rings. The van der Waals surface area contributed by atoms with Gasteiger partial charge in [0.05, 0.1) is 16.2 Å². The van der Waals surface area contributed by atoms with Gasteiger partial charge in [0.1, 0.15) is 5.03 Å². The first-order chi connectivity index (χ1) is 12.9. The predicted molar refractivity (Wildman–Crippen MR) is 104 cm³/mol. The van der Waals surface area contributed by atoms with Crippen molar-refractivity contribution in [3.05, 3.63) is 46.0 Å². The van der Waals surface area contributed by atoms with Crippen LogP contribution in [0.15, 0.2) is 35.4 Å². The van der Waals surface area contributed by atoms with Gasteiger partial charge in [0.2, 0.25) is 11.9 Å². The molecular weight excluding hydrogens is 368 g/mol. The number of rotatable bonds is 7. The van der Waals surface area contributed by atoms with Crippen molar-refractivity contribution in [2.45, 2.75) is 23.9 Å². The number of amides is 1. The number of hydrogen-bond donors (Lipinski definition) is 3. The zero-order valence-electron chi connectivity index (χ0n) is 14.5. The van der Waals surface area contributed by atoms with Crippen LogP contribution in [-0.2, 0) is 4.79 Å². The first-order valence-corrected chi connectivity index (χ1v) is 9.36. The van der Waals surface area contributed by atoms with Crippen LogP contribution in [0.5, 0.6) is 0 Å². The number of carbonyl (C=O) groups excluding carboxylic acids is 1. The van der Waals surface area contributed by atoms with Crippen LogP contribution in [0.1, 0.15) is 18.4 Å². The minimum atomic E-state index is -0.704. The Morgan fingerprint density at radius 3 is 2.70 bits per heavy atom. The summed E-state index contributed by atoms with van der Waals surface area (Å²) in [5, 5.41) is 14.9. The fraction of sp³-hybridized carbons (Fsp3) is 0.235. The van der Waals surface area contributed by atoms with Crippen LogP contribution in [0.4, 0.5) is 11.6 Å². The third kappa shape index (κ3) is 4.34. The highest BCUT2D eigenvalue weighted by atomic mass is 32.2. The summed E-state index contributed by atoms with van der Waals surface area (Å²) in [6, 6.07) is 6.39. The van der Waals surface area contributed by atoms with E-state index in [0.717, 1.165) is 18.9 Å². The van der Waals surface area contributed by atoms with Crippen LogP contribution in [0.2, 0.25) is 0 Å². The lowest BCUT2D eigenvalue weighted by Gasteiger charge is -2.15. The number of nitro groups is 1. The van der Waals surface area contributed by atoms with Crippen molar-refractivity contribution in [3.8, 4) is 11.3 Å². The minimum absolute atomic E-state index is 0.0723. The van der Waals surface area contributed by atoms with Crippen molar-refractivity contribution in [2.75, 3.05) is 11.6 Å². The summed E-state index contributed by atoms with van der Waals surface area (Å²) < 4.78 is 0. The molecule has 1 amide bonds. The van der Waals surface area contributed by atoms with Crippen molar-refractivity contribution < 1.29 is 9.72 Å². The highest BCUT2D eigenvalue weighted by molar-refractivity contribution is 7.98. The molecule has 1 aromatic heterocycles. The average molecular weight is 386 g/mol. The molecule has 140 valence electrons. The van der Waals surface area contributed by atoms with Gasteiger partial charge in [0.25, 0.3) is 5.69 Å². The van der Waals surface area contributed by atoms with Crippen molar-refractivity contribution in [2.24, 2.45) is 11.5 Å². The minimum Gasteiger partial charge on any atom is -0.398 e. The van der Waals surface area contributed by atoms with E-state index in [-0.39, 0.29) is 11.4 Å². The highest BCUT2D eigenvalue weighted by Crippen LogP contribution is 2.35. The van der Waals surface area contributed by atoms with E-state index in [9.17, 15) is 14.9 Å². The SMILES string of the molecule is CSc1nc(NC2CC2)nc(-c2cccc([N+](=O)[O-])c2)c1/C(N)=C/C(N)=O. The Labute approximate surface area is 159 Å². The lowest BCUT2D eigenvalue weighted by Crippen LogP contribution is -2.14. The lowest BCUT2D eigenvalue weighted by atomic mass is 10.0. The maximum Gasteiger partial charge on any atom is 0.270 e. The number of non-ortho nitro benzene ring substituents is 1. The Balaban J connectivity index is 2.22. The number of primary amides is 1. The smallest absolute Gasteiger partial charge is 0.270 e. The number of carbonyl (C=O) groups is 1. The molecule has 1 aromatic carbocycles. The number of aromatic nitrogens is 2. The molecule has 1 aliphatic carbocycles. The number of nitrogens with two attached hydrogens (primary N) is 2. The van der Waals surface area contributed by atoms with E-state index < -0.39 is 10.8 Å². The van der Waals surface area contributed by atoms with Gasteiger partial charge in [-0.05, 0) is 19.1 Å². The van der Waals surface area contributed by atoms with Crippen molar-refractivity contribution in [1.82, 2.24) is 9.97 Å². The second kappa shape index (κ2) is 7.62. The quantitative estimate of drug-likeness (QED) is 0.215. The Morgan fingerprint density at radius 1 is 1.37 bits per heavy atom. The largest absolute Gasteiger partial charge is 0.398 e. The molecule has 1 fully saturated rings. The lowest BCUT2D eigenvalue weighted by molar-refractivity contribution is -0.384. The van der Waals surface area contributed by atoms with Gasteiger partial charge in [-0.2, -0.15) is 0 Å². The van der Waals surface area contributed by atoms with Crippen LogP contribution < -0.4 is 16.8 Å². The fourth-order valence-corrected chi connectivity index (χ4v) is 3.12. The van der Waals surface area contributed by atoms with Crippen LogP contribution in [-0.4, -0.2) is 33.1 Å². The van der Waals surface area contributed by atoms with Crippen molar-refractivity contribution in [1.29, 1.82) is 0 Å². The number of benzene rings is 1. The Bertz CT molecular complexity index is 942. The van der Waals surface area contributed by atoms with Gasteiger partial charge in [-0.1, -0.05) is 12.1 Å². The Hall–Kier alpha value is -3.14. The molecule has 0 aliphatic heterocycles. The topological polar surface area (TPSA) is 150 Å². The molecular formula is C17H18N6O3S. The standard InChI is InChI=1S/C17H18N6O3S/c1-27-16-14(12(18)8-13(19)24)15(21-17(22-16)20-10-5-6-10)9-3-2-4-11(7-9)23(25)26/h2-4,7-8,10H,5-6,18H2,1H3,(H2,19,24)(H,20,21,22)/b12-8-. The molecule has 0 saturated heterocycles. The third-order valence-electron chi connectivity index (χ3n) is 3.90. The summed E-state index contributed by atoms with van der Waals surface area (Å²) in [5.74, 6) is -0.288. The average Bonchev–Trinajstić information content (AvgIpc) is 3.44. The second-order valence-corrected chi connectivity index (χ2v) is 6.80. The molecule has 3 rings (SSSR count). The summed E-state index contributed by atoms with van der Waals surface area (Å²) in [7, 11) is 0. The maximum atomic E-state index is 11.3. The highest BCUT2D eigenvalue weighted by Gasteiger charge is 2.25. The third-order valence-corrected chi connectivity index (χ3v) is 4.58. The first kappa shape index (κ1) is 18.6. The molecule has 0 radical (unpaired) electrons. The molecule has 5 N–H and O–H groups in total. The predicted octanol–water partition coefficient (Wildman–Crippen LogP) is 2.13. The number of nitro benzene ring substituents is 1. The molecule has 1 heterocycles. The monoisotopic (exact) mass is 386 g/mol. The Kier molecular flexibility index (Phi) is 5.26. The first-order valence-electron chi connectivity index (χ1n) is 8.13. The normalized spacial score (nSPS) is 14.0. The van der Waals surface area contributed by atoms with Gasteiger partial charge in [0, 0.05) is 35.5 Å². The number of anilines is 1. The second-order valence-electron chi connectivity index (χ2n) is 6.01. The summed E-state index contributed by atoms with van der Waals surface area (Å²) in [5.41, 5.74) is 12.7. The zero-order valence-corrected chi connectivity index (χ0v) is 15.3. The molecule has 0 atom stereocenters. The van der Waals surface area contributed by atoms with Gasteiger partial charge < -0.3 is 16.8 Å². The number of nitrogens with one attached hydrogen (secondary N) is 1. The van der Waals surface area contributed by atoms with Crippen LogP contribution in [0, 0.1) is 10.1 Å². The van der Waals surface area contributed by atoms with Crippen LogP contribution in [0.3, 0.4) is 0 Å². The van der Waals surface area contributed by atoms with E-state index >= 15 is 0 Å². The molecule has 0 unspecified atom stereocenters.